The van der Waals surface area contributed by atoms with E-state index in [-0.39, 0.29) is 6.54 Å². The van der Waals surface area contributed by atoms with Crippen LogP contribution in [0.15, 0.2) is 18.2 Å². The maximum atomic E-state index is 12.3. The zero-order valence-corrected chi connectivity index (χ0v) is 14.6. The van der Waals surface area contributed by atoms with E-state index in [4.69, 9.17) is 0 Å². The molecule has 1 aliphatic heterocycles. The van der Waals surface area contributed by atoms with Crippen LogP contribution in [0.1, 0.15) is 44.2 Å². The summed E-state index contributed by atoms with van der Waals surface area (Å²) in [6, 6.07) is 5.46. The summed E-state index contributed by atoms with van der Waals surface area (Å²) >= 11 is 0. The van der Waals surface area contributed by atoms with Gasteiger partial charge in [-0.25, -0.2) is 4.79 Å². The topological polar surface area (TPSA) is 90.5 Å². The summed E-state index contributed by atoms with van der Waals surface area (Å²) in [5.74, 6) is -0.872. The molecule has 4 amide bonds. The second-order valence-corrected chi connectivity index (χ2v) is 6.80. The van der Waals surface area contributed by atoms with Gasteiger partial charge in [0.2, 0.25) is 0 Å². The van der Waals surface area contributed by atoms with Gasteiger partial charge in [0.1, 0.15) is 5.54 Å². The molecular weight excluding hydrogens is 320 g/mol. The van der Waals surface area contributed by atoms with Crippen molar-refractivity contribution in [2.45, 2.75) is 51.5 Å². The van der Waals surface area contributed by atoms with Crippen molar-refractivity contribution in [3.63, 3.8) is 0 Å². The summed E-state index contributed by atoms with van der Waals surface area (Å²) < 4.78 is 0. The quantitative estimate of drug-likeness (QED) is 0.710. The number of hydrogen-bond donors (Lipinski definition) is 3. The summed E-state index contributed by atoms with van der Waals surface area (Å²) in [5, 5.41) is 6.50. The van der Waals surface area contributed by atoms with Crippen molar-refractivity contribution in [2.24, 2.45) is 0 Å². The molecule has 1 atom stereocenters. The summed E-state index contributed by atoms with van der Waals surface area (Å²) in [4.78, 5) is 36.4. The Morgan fingerprint density at radius 1 is 1.28 bits per heavy atom. The van der Waals surface area contributed by atoms with E-state index >= 15 is 0 Å². The number of nitrogens with zero attached hydrogens (tertiary/aromatic N) is 1. The number of aryl methyl sites for hydroxylation is 1. The number of imide groups is 1. The summed E-state index contributed by atoms with van der Waals surface area (Å²) in [5.41, 5.74) is 4.96. The molecule has 7 nitrogen and oxygen atoms in total. The van der Waals surface area contributed by atoms with Crippen LogP contribution < -0.4 is 16.1 Å². The van der Waals surface area contributed by atoms with Crippen LogP contribution in [0, 0.1) is 0 Å². The molecule has 1 aromatic carbocycles. The molecule has 0 unspecified atom stereocenters. The normalized spacial score (nSPS) is 22.4. The minimum atomic E-state index is -0.962. The van der Waals surface area contributed by atoms with Gasteiger partial charge in [-0.2, -0.15) is 5.01 Å². The fraction of sp³-hybridized carbons (Fsp3) is 0.500. The molecule has 0 spiro atoms. The van der Waals surface area contributed by atoms with E-state index in [1.165, 1.54) is 17.5 Å². The average molecular weight is 344 g/mol. The molecule has 1 fully saturated rings. The van der Waals surface area contributed by atoms with Gasteiger partial charge in [-0.05, 0) is 56.2 Å². The van der Waals surface area contributed by atoms with Crippen LogP contribution in [0.25, 0.3) is 0 Å². The monoisotopic (exact) mass is 344 g/mol. The highest BCUT2D eigenvalue weighted by molar-refractivity contribution is 6.07. The van der Waals surface area contributed by atoms with Crippen molar-refractivity contribution >= 4 is 23.5 Å². The Balaban J connectivity index is 1.61. The van der Waals surface area contributed by atoms with Gasteiger partial charge in [-0.3, -0.25) is 15.0 Å². The van der Waals surface area contributed by atoms with Crippen LogP contribution in [0.4, 0.5) is 10.5 Å². The van der Waals surface area contributed by atoms with E-state index in [1.54, 1.807) is 6.92 Å². The molecule has 2 aliphatic rings. The summed E-state index contributed by atoms with van der Waals surface area (Å²) in [7, 11) is 0. The largest absolute Gasteiger partial charge is 0.376 e. The van der Waals surface area contributed by atoms with Gasteiger partial charge in [-0.1, -0.05) is 19.1 Å². The molecule has 0 radical (unpaired) electrons. The van der Waals surface area contributed by atoms with Crippen molar-refractivity contribution < 1.29 is 14.4 Å². The van der Waals surface area contributed by atoms with Crippen LogP contribution in [0.2, 0.25) is 0 Å². The van der Waals surface area contributed by atoms with Crippen molar-refractivity contribution in [1.29, 1.82) is 0 Å². The van der Waals surface area contributed by atoms with Crippen LogP contribution in [0.3, 0.4) is 0 Å². The average Bonchev–Trinajstić information content (AvgIpc) is 2.83. The molecule has 0 bridgehead atoms. The number of carbonyl (C=O) groups excluding carboxylic acids is 3. The molecule has 3 rings (SSSR count). The molecule has 3 N–H and O–H groups in total. The minimum Gasteiger partial charge on any atom is -0.376 e. The number of anilines is 1. The summed E-state index contributed by atoms with van der Waals surface area (Å²) in [6.45, 7) is 3.45. The first kappa shape index (κ1) is 17.3. The van der Waals surface area contributed by atoms with Crippen molar-refractivity contribution in [3.8, 4) is 0 Å². The van der Waals surface area contributed by atoms with E-state index in [0.29, 0.717) is 6.42 Å². The van der Waals surface area contributed by atoms with E-state index < -0.39 is 23.4 Å². The number of hydrogen-bond acceptors (Lipinski definition) is 4. The van der Waals surface area contributed by atoms with Gasteiger partial charge in [0.05, 0.1) is 6.54 Å². The molecule has 134 valence electrons. The van der Waals surface area contributed by atoms with Crippen molar-refractivity contribution in [3.05, 3.63) is 29.3 Å². The number of urea groups is 1. The zero-order chi connectivity index (χ0) is 18.0. The molecule has 1 saturated heterocycles. The van der Waals surface area contributed by atoms with E-state index in [9.17, 15) is 14.4 Å². The minimum absolute atomic E-state index is 0.00362. The molecule has 25 heavy (non-hydrogen) atoms. The Kier molecular flexibility index (Phi) is 4.65. The summed E-state index contributed by atoms with van der Waals surface area (Å²) in [6.07, 6.45) is 4.87. The zero-order valence-electron chi connectivity index (χ0n) is 14.6. The SMILES string of the molecule is CC[C@]1(C)NC(=O)N(NC(=O)CNc2cccc3c2CCCC3)C1=O. The maximum Gasteiger partial charge on any atom is 0.344 e. The number of hydrazine groups is 1. The Labute approximate surface area is 147 Å². The smallest absolute Gasteiger partial charge is 0.344 e. The van der Waals surface area contributed by atoms with E-state index in [1.807, 2.05) is 19.1 Å². The Hall–Kier alpha value is -2.57. The molecule has 0 saturated carbocycles. The number of benzene rings is 1. The third-order valence-corrected chi connectivity index (χ3v) is 5.04. The fourth-order valence-corrected chi connectivity index (χ4v) is 3.31. The maximum absolute atomic E-state index is 12.3. The Bertz CT molecular complexity index is 718. The molecule has 1 aliphatic carbocycles. The second kappa shape index (κ2) is 6.74. The third-order valence-electron chi connectivity index (χ3n) is 5.04. The predicted octanol–water partition coefficient (Wildman–Crippen LogP) is 1.73. The number of carbonyl (C=O) groups is 3. The van der Waals surface area contributed by atoms with E-state index in [0.717, 1.165) is 30.0 Å². The first-order valence-electron chi connectivity index (χ1n) is 8.75. The molecular formula is C18H24N4O3. The molecule has 7 heteroatoms. The van der Waals surface area contributed by atoms with Crippen LogP contribution >= 0.6 is 0 Å². The lowest BCUT2D eigenvalue weighted by Crippen LogP contribution is -2.50. The van der Waals surface area contributed by atoms with Crippen LogP contribution in [-0.4, -0.2) is 34.9 Å². The van der Waals surface area contributed by atoms with Gasteiger partial charge in [0, 0.05) is 5.69 Å². The van der Waals surface area contributed by atoms with Crippen LogP contribution in [-0.2, 0) is 22.4 Å². The highest BCUT2D eigenvalue weighted by Crippen LogP contribution is 2.27. The fourth-order valence-electron chi connectivity index (χ4n) is 3.31. The highest BCUT2D eigenvalue weighted by Gasteiger charge is 2.47. The first-order valence-corrected chi connectivity index (χ1v) is 8.75. The highest BCUT2D eigenvalue weighted by atomic mass is 16.2. The molecule has 0 aromatic heterocycles. The Morgan fingerprint density at radius 2 is 2.04 bits per heavy atom. The Morgan fingerprint density at radius 3 is 2.76 bits per heavy atom. The lowest BCUT2D eigenvalue weighted by Gasteiger charge is -2.21. The van der Waals surface area contributed by atoms with Crippen molar-refractivity contribution in [1.82, 2.24) is 15.8 Å². The predicted molar refractivity (Wildman–Crippen MR) is 93.8 cm³/mol. The number of nitrogens with one attached hydrogen (secondary N) is 3. The number of rotatable bonds is 5. The van der Waals surface area contributed by atoms with Gasteiger partial charge < -0.3 is 10.6 Å². The first-order chi connectivity index (χ1) is 11.9. The lowest BCUT2D eigenvalue weighted by atomic mass is 9.90. The van der Waals surface area contributed by atoms with E-state index in [2.05, 4.69) is 22.1 Å². The number of amides is 4. The van der Waals surface area contributed by atoms with Gasteiger partial charge in [0.25, 0.3) is 11.8 Å². The standard InChI is InChI=1S/C18H24N4O3/c1-3-18(2)16(24)22(17(25)20-18)21-15(23)11-19-14-10-6-8-12-7-4-5-9-13(12)14/h6,8,10,19H,3-5,7,9,11H2,1-2H3,(H,20,25)(H,21,23)/t18-/m0/s1. The van der Waals surface area contributed by atoms with Gasteiger partial charge in [0.15, 0.2) is 0 Å². The molecule has 1 heterocycles. The van der Waals surface area contributed by atoms with Crippen LogP contribution in [0.5, 0.6) is 0 Å². The lowest BCUT2D eigenvalue weighted by molar-refractivity contribution is -0.138. The van der Waals surface area contributed by atoms with Crippen molar-refractivity contribution in [2.75, 3.05) is 11.9 Å². The van der Waals surface area contributed by atoms with Gasteiger partial charge in [-0.15, -0.1) is 0 Å². The van der Waals surface area contributed by atoms with Gasteiger partial charge >= 0.3 is 6.03 Å². The number of fused-ring (bicyclic) bond motifs is 1. The third kappa shape index (κ3) is 3.31. The second-order valence-electron chi connectivity index (χ2n) is 6.80. The molecule has 1 aromatic rings.